The van der Waals surface area contributed by atoms with Crippen molar-refractivity contribution < 1.29 is 80.2 Å². The van der Waals surface area contributed by atoms with E-state index in [2.05, 4.69) is 34.6 Å². The lowest BCUT2D eigenvalue weighted by Crippen LogP contribution is -2.30. The van der Waals surface area contributed by atoms with Gasteiger partial charge in [0, 0.05) is 25.7 Å². The third-order valence-electron chi connectivity index (χ3n) is 19.5. The highest BCUT2D eigenvalue weighted by molar-refractivity contribution is 7.47. The molecule has 606 valence electrons. The van der Waals surface area contributed by atoms with Gasteiger partial charge in [0.2, 0.25) is 0 Å². The van der Waals surface area contributed by atoms with Crippen LogP contribution in [0.2, 0.25) is 0 Å². The van der Waals surface area contributed by atoms with Crippen LogP contribution in [-0.2, 0) is 65.4 Å². The number of aliphatic hydroxyl groups is 1. The molecule has 19 heteroatoms. The predicted octanol–water partition coefficient (Wildman–Crippen LogP) is 25.2. The van der Waals surface area contributed by atoms with Crippen molar-refractivity contribution in [3.05, 3.63) is 0 Å². The van der Waals surface area contributed by atoms with E-state index in [-0.39, 0.29) is 25.7 Å². The van der Waals surface area contributed by atoms with Crippen LogP contribution in [0.5, 0.6) is 0 Å². The monoisotopic (exact) mass is 1490 g/mol. The first-order chi connectivity index (χ1) is 49.5. The minimum atomic E-state index is -4.96. The fraction of sp³-hybridized carbons (Fsp3) is 0.952. The first kappa shape index (κ1) is 100. The van der Waals surface area contributed by atoms with Gasteiger partial charge in [-0.1, -0.05) is 394 Å². The quantitative estimate of drug-likeness (QED) is 0.0222. The number of phosphoric ester groups is 2. The topological polar surface area (TPSA) is 237 Å². The van der Waals surface area contributed by atoms with Gasteiger partial charge in [-0.3, -0.25) is 37.3 Å². The molecule has 0 spiro atoms. The summed E-state index contributed by atoms with van der Waals surface area (Å²) in [4.78, 5) is 73.1. The van der Waals surface area contributed by atoms with Gasteiger partial charge in [-0.05, 0) is 31.6 Å². The summed E-state index contributed by atoms with van der Waals surface area (Å²) in [5, 5.41) is 10.7. The van der Waals surface area contributed by atoms with E-state index < -0.39 is 97.5 Å². The summed E-state index contributed by atoms with van der Waals surface area (Å²) in [5.41, 5.74) is 0. The Balaban J connectivity index is 5.23. The molecule has 0 aliphatic heterocycles. The zero-order chi connectivity index (χ0) is 74.8. The molecular formula is C83H162O17P2. The zero-order valence-corrected chi connectivity index (χ0v) is 68.5. The van der Waals surface area contributed by atoms with Crippen LogP contribution in [0, 0.1) is 5.92 Å². The molecule has 17 nitrogen and oxygen atoms in total. The molecule has 2 unspecified atom stereocenters. The van der Waals surface area contributed by atoms with Crippen molar-refractivity contribution >= 4 is 39.5 Å². The van der Waals surface area contributed by atoms with E-state index in [0.29, 0.717) is 31.6 Å². The van der Waals surface area contributed by atoms with E-state index in [1.807, 2.05) is 0 Å². The second-order valence-corrected chi connectivity index (χ2v) is 33.3. The van der Waals surface area contributed by atoms with Crippen molar-refractivity contribution in [1.29, 1.82) is 0 Å². The highest BCUT2D eigenvalue weighted by Crippen LogP contribution is 2.45. The van der Waals surface area contributed by atoms with Crippen molar-refractivity contribution in [2.75, 3.05) is 39.6 Å². The molecule has 3 N–H and O–H groups in total. The van der Waals surface area contributed by atoms with Crippen LogP contribution in [0.1, 0.15) is 446 Å². The third-order valence-corrected chi connectivity index (χ3v) is 21.4. The van der Waals surface area contributed by atoms with Crippen molar-refractivity contribution in [1.82, 2.24) is 0 Å². The SMILES string of the molecule is CCCCCCCCCCCCCCCCCCCCCC(=O)O[C@H](COC(=O)CCCCCCCCCCCCCCCCCCCC)COP(=O)(O)OC[C@@H](O)COP(=O)(O)OC[C@@H](COC(=O)CCCCCCCCCC(C)C)OC(=O)CCCCCCCCCCCCCCCCC. The van der Waals surface area contributed by atoms with Gasteiger partial charge in [-0.25, -0.2) is 9.13 Å². The number of phosphoric acid groups is 2. The number of unbranched alkanes of at least 4 members (excludes halogenated alkanes) is 55. The molecule has 0 amide bonds. The van der Waals surface area contributed by atoms with Gasteiger partial charge < -0.3 is 33.8 Å². The van der Waals surface area contributed by atoms with Gasteiger partial charge in [-0.15, -0.1) is 0 Å². The van der Waals surface area contributed by atoms with Gasteiger partial charge in [0.15, 0.2) is 12.2 Å². The Morgan fingerprint density at radius 1 is 0.265 bits per heavy atom. The molecule has 0 saturated carbocycles. The molecule has 0 bridgehead atoms. The number of carbonyl (C=O) groups excluding carboxylic acids is 4. The maximum atomic E-state index is 13.1. The van der Waals surface area contributed by atoms with E-state index >= 15 is 0 Å². The molecule has 5 atom stereocenters. The number of carbonyl (C=O) groups is 4. The van der Waals surface area contributed by atoms with Crippen molar-refractivity contribution in [2.45, 2.75) is 464 Å². The van der Waals surface area contributed by atoms with Crippen LogP contribution < -0.4 is 0 Å². The maximum Gasteiger partial charge on any atom is 0.472 e. The van der Waals surface area contributed by atoms with Crippen LogP contribution in [0.3, 0.4) is 0 Å². The lowest BCUT2D eigenvalue weighted by atomic mass is 10.0. The van der Waals surface area contributed by atoms with Crippen molar-refractivity contribution in [2.24, 2.45) is 5.92 Å². The van der Waals surface area contributed by atoms with Crippen molar-refractivity contribution in [3.63, 3.8) is 0 Å². The van der Waals surface area contributed by atoms with E-state index in [9.17, 15) is 43.2 Å². The molecule has 0 saturated heterocycles. The Hall–Kier alpha value is -1.94. The minimum Gasteiger partial charge on any atom is -0.462 e. The number of ether oxygens (including phenoxy) is 4. The van der Waals surface area contributed by atoms with Gasteiger partial charge in [-0.2, -0.15) is 0 Å². The van der Waals surface area contributed by atoms with Crippen LogP contribution in [0.25, 0.3) is 0 Å². The van der Waals surface area contributed by atoms with E-state index in [0.717, 1.165) is 96.3 Å². The summed E-state index contributed by atoms with van der Waals surface area (Å²) in [6, 6.07) is 0. The van der Waals surface area contributed by atoms with Crippen LogP contribution in [0.4, 0.5) is 0 Å². The molecule has 0 aliphatic rings. The summed E-state index contributed by atoms with van der Waals surface area (Å²) in [7, 11) is -9.92. The van der Waals surface area contributed by atoms with E-state index in [4.69, 9.17) is 37.0 Å². The number of rotatable bonds is 83. The number of hydrogen-bond acceptors (Lipinski definition) is 15. The Morgan fingerprint density at radius 3 is 0.667 bits per heavy atom. The Morgan fingerprint density at radius 2 is 0.451 bits per heavy atom. The molecule has 0 rings (SSSR count). The lowest BCUT2D eigenvalue weighted by molar-refractivity contribution is -0.161. The summed E-state index contributed by atoms with van der Waals surface area (Å²) in [6.07, 6.45) is 68.1. The zero-order valence-electron chi connectivity index (χ0n) is 66.8. The largest absolute Gasteiger partial charge is 0.472 e. The van der Waals surface area contributed by atoms with E-state index in [1.165, 1.54) is 263 Å². The smallest absolute Gasteiger partial charge is 0.462 e. The molecule has 0 radical (unpaired) electrons. The van der Waals surface area contributed by atoms with Crippen molar-refractivity contribution in [3.8, 4) is 0 Å². The number of esters is 4. The summed E-state index contributed by atoms with van der Waals surface area (Å²) in [5.74, 6) is -1.40. The predicted molar refractivity (Wildman–Crippen MR) is 418 cm³/mol. The number of hydrogen-bond donors (Lipinski definition) is 3. The fourth-order valence-electron chi connectivity index (χ4n) is 12.9. The Kier molecular flexibility index (Phi) is 74.4. The third kappa shape index (κ3) is 76.3. The lowest BCUT2D eigenvalue weighted by Gasteiger charge is -2.21. The standard InChI is InChI=1S/C83H162O17P2/c1-6-9-12-15-18-21-24-27-30-32-34-36-39-42-45-48-53-59-64-69-82(87)99-78(72-93-80(85)66-61-56-51-46-43-40-38-35-33-31-28-25-22-19-16-13-10-7-2)74-97-101(89,90)95-70-77(84)71-96-102(91,92)98-75-79(73-94-81(86)67-62-57-54-49-50-55-60-65-76(4)5)100-83(88)68-63-58-52-47-44-41-37-29-26-23-20-17-14-11-8-3/h76-79,84H,6-75H2,1-5H3,(H,89,90)(H,91,92)/t77-,78-,79-/m1/s1. The molecule has 0 aliphatic carbocycles. The molecule has 0 fully saturated rings. The molecule has 0 aromatic rings. The second-order valence-electron chi connectivity index (χ2n) is 30.3. The van der Waals surface area contributed by atoms with Crippen LogP contribution >= 0.6 is 15.6 Å². The molecule has 102 heavy (non-hydrogen) atoms. The summed E-state index contributed by atoms with van der Waals surface area (Å²) >= 11 is 0. The normalized spacial score (nSPS) is 13.8. The van der Waals surface area contributed by atoms with Crippen LogP contribution in [0.15, 0.2) is 0 Å². The number of aliphatic hydroxyl groups excluding tert-OH is 1. The van der Waals surface area contributed by atoms with Gasteiger partial charge in [0.1, 0.15) is 19.3 Å². The highest BCUT2D eigenvalue weighted by atomic mass is 31.2. The van der Waals surface area contributed by atoms with Gasteiger partial charge >= 0.3 is 39.5 Å². The average molecular weight is 1490 g/mol. The average Bonchev–Trinajstić information content (AvgIpc) is 0.918. The Labute approximate surface area is 626 Å². The molecule has 0 aromatic heterocycles. The molecular weight excluding hydrogens is 1330 g/mol. The van der Waals surface area contributed by atoms with Crippen LogP contribution in [-0.4, -0.2) is 96.7 Å². The molecule has 0 aromatic carbocycles. The van der Waals surface area contributed by atoms with Gasteiger partial charge in [0.05, 0.1) is 26.4 Å². The van der Waals surface area contributed by atoms with Gasteiger partial charge in [0.25, 0.3) is 0 Å². The first-order valence-electron chi connectivity index (χ1n) is 43.1. The summed E-state index contributed by atoms with van der Waals surface area (Å²) < 4.78 is 68.8. The Bertz CT molecular complexity index is 1940. The maximum absolute atomic E-state index is 13.1. The second kappa shape index (κ2) is 75.9. The molecule has 0 heterocycles. The highest BCUT2D eigenvalue weighted by Gasteiger charge is 2.30. The summed E-state index contributed by atoms with van der Waals surface area (Å²) in [6.45, 7) is 7.29. The van der Waals surface area contributed by atoms with E-state index in [1.54, 1.807) is 0 Å². The fourth-order valence-corrected chi connectivity index (χ4v) is 14.5. The minimum absolute atomic E-state index is 0.108. The first-order valence-corrected chi connectivity index (χ1v) is 46.1.